The van der Waals surface area contributed by atoms with Crippen LogP contribution >= 0.6 is 0 Å². The van der Waals surface area contributed by atoms with Gasteiger partial charge in [-0.25, -0.2) is 0 Å². The molecule has 0 saturated carbocycles. The molecule has 0 heterocycles. The standard InChI is InChI=1S/C14H26O2/c1-4-6-7-8-10-14(16)13(9-5-2)11-12(3)15/h13H,4-11H2,1-3H3. The minimum atomic E-state index is -0.0101. The van der Waals surface area contributed by atoms with Gasteiger partial charge in [0, 0.05) is 18.8 Å². The fourth-order valence-corrected chi connectivity index (χ4v) is 2.00. The van der Waals surface area contributed by atoms with E-state index in [2.05, 4.69) is 13.8 Å². The Balaban J connectivity index is 3.91. The molecule has 0 bridgehead atoms. The molecular formula is C14H26O2. The Morgan fingerprint density at radius 2 is 1.69 bits per heavy atom. The molecule has 0 aliphatic heterocycles. The van der Waals surface area contributed by atoms with Crippen molar-refractivity contribution in [3.8, 4) is 0 Å². The molecule has 0 saturated heterocycles. The van der Waals surface area contributed by atoms with Gasteiger partial charge in [0.2, 0.25) is 0 Å². The van der Waals surface area contributed by atoms with Crippen molar-refractivity contribution < 1.29 is 9.59 Å². The summed E-state index contributed by atoms with van der Waals surface area (Å²) < 4.78 is 0. The molecule has 94 valence electrons. The molecule has 0 aliphatic carbocycles. The minimum Gasteiger partial charge on any atom is -0.300 e. The van der Waals surface area contributed by atoms with Crippen LogP contribution in [0.3, 0.4) is 0 Å². The third-order valence-corrected chi connectivity index (χ3v) is 2.90. The molecule has 16 heavy (non-hydrogen) atoms. The van der Waals surface area contributed by atoms with Gasteiger partial charge in [-0.3, -0.25) is 4.79 Å². The maximum atomic E-state index is 11.9. The molecule has 0 spiro atoms. The highest BCUT2D eigenvalue weighted by molar-refractivity contribution is 5.86. The summed E-state index contributed by atoms with van der Waals surface area (Å²) in [5, 5.41) is 0. The molecule has 0 N–H and O–H groups in total. The highest BCUT2D eigenvalue weighted by Gasteiger charge is 2.18. The average molecular weight is 226 g/mol. The molecule has 0 aromatic heterocycles. The number of carbonyl (C=O) groups is 2. The number of hydrogen-bond acceptors (Lipinski definition) is 2. The Bertz CT molecular complexity index is 209. The van der Waals surface area contributed by atoms with Gasteiger partial charge in [0.05, 0.1) is 0 Å². The lowest BCUT2D eigenvalue weighted by Crippen LogP contribution is -2.17. The van der Waals surface area contributed by atoms with Crippen LogP contribution in [0.1, 0.15) is 72.1 Å². The Labute approximate surface area is 99.8 Å². The number of carbonyl (C=O) groups excluding carboxylic acids is 2. The third-order valence-electron chi connectivity index (χ3n) is 2.90. The maximum Gasteiger partial charge on any atom is 0.136 e. The molecule has 1 unspecified atom stereocenters. The topological polar surface area (TPSA) is 34.1 Å². The summed E-state index contributed by atoms with van der Waals surface area (Å²) in [6.45, 7) is 5.81. The zero-order valence-corrected chi connectivity index (χ0v) is 11.1. The number of hydrogen-bond donors (Lipinski definition) is 0. The van der Waals surface area contributed by atoms with Crippen LogP contribution < -0.4 is 0 Å². The van der Waals surface area contributed by atoms with Crippen molar-refractivity contribution in [3.63, 3.8) is 0 Å². The fourth-order valence-electron chi connectivity index (χ4n) is 2.00. The molecule has 2 heteroatoms. The van der Waals surface area contributed by atoms with E-state index in [9.17, 15) is 9.59 Å². The monoisotopic (exact) mass is 226 g/mol. The van der Waals surface area contributed by atoms with Crippen molar-refractivity contribution in [2.24, 2.45) is 5.92 Å². The Kier molecular flexibility index (Phi) is 9.16. The number of Topliss-reactive ketones (excluding diaryl/α,β-unsaturated/α-hetero) is 2. The molecule has 0 aromatic carbocycles. The minimum absolute atomic E-state index is 0.0101. The third kappa shape index (κ3) is 7.61. The van der Waals surface area contributed by atoms with E-state index in [-0.39, 0.29) is 11.7 Å². The second-order valence-electron chi connectivity index (χ2n) is 4.67. The molecule has 0 radical (unpaired) electrons. The maximum absolute atomic E-state index is 11.9. The zero-order valence-electron chi connectivity index (χ0n) is 11.1. The van der Waals surface area contributed by atoms with Crippen molar-refractivity contribution in [1.82, 2.24) is 0 Å². The smallest absolute Gasteiger partial charge is 0.136 e. The van der Waals surface area contributed by atoms with E-state index in [1.54, 1.807) is 6.92 Å². The van der Waals surface area contributed by atoms with Gasteiger partial charge in [-0.15, -0.1) is 0 Å². The van der Waals surface area contributed by atoms with Gasteiger partial charge in [0.25, 0.3) is 0 Å². The lowest BCUT2D eigenvalue weighted by molar-refractivity contribution is -0.127. The van der Waals surface area contributed by atoms with Gasteiger partial charge < -0.3 is 4.79 Å². The van der Waals surface area contributed by atoms with Gasteiger partial charge in [-0.2, -0.15) is 0 Å². The normalized spacial score (nSPS) is 12.4. The van der Waals surface area contributed by atoms with E-state index < -0.39 is 0 Å². The molecule has 0 aliphatic rings. The molecule has 0 rings (SSSR count). The first-order chi connectivity index (χ1) is 7.61. The molecule has 0 amide bonds. The van der Waals surface area contributed by atoms with Crippen molar-refractivity contribution in [2.75, 3.05) is 0 Å². The number of ketones is 2. The Morgan fingerprint density at radius 1 is 1.00 bits per heavy atom. The summed E-state index contributed by atoms with van der Waals surface area (Å²) in [5.74, 6) is 0.428. The van der Waals surface area contributed by atoms with Gasteiger partial charge in [-0.1, -0.05) is 39.5 Å². The second-order valence-corrected chi connectivity index (χ2v) is 4.67. The van der Waals surface area contributed by atoms with Gasteiger partial charge in [0.15, 0.2) is 0 Å². The first-order valence-electron chi connectivity index (χ1n) is 6.63. The predicted molar refractivity (Wildman–Crippen MR) is 67.5 cm³/mol. The van der Waals surface area contributed by atoms with Crippen LogP contribution in [0.25, 0.3) is 0 Å². The molecule has 2 nitrogen and oxygen atoms in total. The van der Waals surface area contributed by atoms with Crippen LogP contribution in [0.2, 0.25) is 0 Å². The average Bonchev–Trinajstić information content (AvgIpc) is 2.23. The van der Waals surface area contributed by atoms with Gasteiger partial charge in [-0.05, 0) is 19.8 Å². The lowest BCUT2D eigenvalue weighted by atomic mass is 9.90. The van der Waals surface area contributed by atoms with E-state index in [0.717, 1.165) is 25.7 Å². The molecule has 0 fully saturated rings. The van der Waals surface area contributed by atoms with Crippen molar-refractivity contribution in [1.29, 1.82) is 0 Å². The summed E-state index contributed by atoms with van der Waals surface area (Å²) in [6.07, 6.45) is 7.49. The van der Waals surface area contributed by atoms with Crippen LogP contribution in [-0.4, -0.2) is 11.6 Å². The SMILES string of the molecule is CCCCCCC(=O)C(CCC)CC(C)=O. The van der Waals surface area contributed by atoms with Crippen molar-refractivity contribution >= 4 is 11.6 Å². The van der Waals surface area contributed by atoms with E-state index in [0.29, 0.717) is 18.6 Å². The highest BCUT2D eigenvalue weighted by Crippen LogP contribution is 2.17. The summed E-state index contributed by atoms with van der Waals surface area (Å²) in [5.41, 5.74) is 0. The first-order valence-corrected chi connectivity index (χ1v) is 6.63. The summed E-state index contributed by atoms with van der Waals surface area (Å²) >= 11 is 0. The fraction of sp³-hybridized carbons (Fsp3) is 0.857. The zero-order chi connectivity index (χ0) is 12.4. The Morgan fingerprint density at radius 3 is 2.19 bits per heavy atom. The van der Waals surface area contributed by atoms with Crippen LogP contribution in [0.4, 0.5) is 0 Å². The first kappa shape index (κ1) is 15.3. The van der Waals surface area contributed by atoms with E-state index in [1.807, 2.05) is 0 Å². The second kappa shape index (κ2) is 9.56. The van der Waals surface area contributed by atoms with Gasteiger partial charge in [0.1, 0.15) is 11.6 Å². The van der Waals surface area contributed by atoms with Crippen LogP contribution in [-0.2, 0) is 9.59 Å². The quantitative estimate of drug-likeness (QED) is 0.529. The van der Waals surface area contributed by atoms with Crippen molar-refractivity contribution in [3.05, 3.63) is 0 Å². The van der Waals surface area contributed by atoms with E-state index >= 15 is 0 Å². The van der Waals surface area contributed by atoms with Crippen LogP contribution in [0.15, 0.2) is 0 Å². The summed E-state index contributed by atoms with van der Waals surface area (Å²) in [7, 11) is 0. The predicted octanol–water partition coefficient (Wildman–Crippen LogP) is 3.92. The molecular weight excluding hydrogens is 200 g/mol. The Hall–Kier alpha value is -0.660. The van der Waals surface area contributed by atoms with E-state index in [1.165, 1.54) is 12.8 Å². The highest BCUT2D eigenvalue weighted by atomic mass is 16.1. The van der Waals surface area contributed by atoms with Crippen LogP contribution in [0, 0.1) is 5.92 Å². The number of rotatable bonds is 10. The molecule has 1 atom stereocenters. The van der Waals surface area contributed by atoms with Gasteiger partial charge >= 0.3 is 0 Å². The molecule has 0 aromatic rings. The largest absolute Gasteiger partial charge is 0.300 e. The lowest BCUT2D eigenvalue weighted by Gasteiger charge is -2.13. The van der Waals surface area contributed by atoms with Crippen LogP contribution in [0.5, 0.6) is 0 Å². The van der Waals surface area contributed by atoms with E-state index in [4.69, 9.17) is 0 Å². The summed E-state index contributed by atoms with van der Waals surface area (Å²) in [4.78, 5) is 22.9. The number of unbranched alkanes of at least 4 members (excludes halogenated alkanes) is 3. The summed E-state index contributed by atoms with van der Waals surface area (Å²) in [6, 6.07) is 0. The van der Waals surface area contributed by atoms with Crippen molar-refractivity contribution in [2.45, 2.75) is 72.1 Å².